The van der Waals surface area contributed by atoms with E-state index in [2.05, 4.69) is 34.6 Å². The van der Waals surface area contributed by atoms with Gasteiger partial charge in [0.15, 0.2) is 6.10 Å². The fraction of sp³-hybridized carbons (Fsp3) is 0.944. The summed E-state index contributed by atoms with van der Waals surface area (Å²) in [7, 11) is 0. The summed E-state index contributed by atoms with van der Waals surface area (Å²) in [6, 6.07) is 0. The van der Waals surface area contributed by atoms with E-state index < -0.39 is 6.10 Å². The van der Waals surface area contributed by atoms with Crippen LogP contribution >= 0.6 is 0 Å². The maximum Gasteiger partial charge on any atom is 0.306 e. The Bertz CT molecular complexity index is 918. The van der Waals surface area contributed by atoms with E-state index >= 15 is 0 Å². The number of esters is 3. The van der Waals surface area contributed by atoms with Gasteiger partial charge in [-0.15, -0.1) is 0 Å². The van der Waals surface area contributed by atoms with Crippen LogP contribution in [-0.4, -0.2) is 37.2 Å². The van der Waals surface area contributed by atoms with Crippen molar-refractivity contribution in [3.8, 4) is 0 Å². The number of ether oxygens (including phenoxy) is 3. The second-order valence-corrected chi connectivity index (χ2v) is 19.2. The zero-order chi connectivity index (χ0) is 44.0. The number of rotatable bonds is 48. The highest BCUT2D eigenvalue weighted by Gasteiger charge is 2.19. The molecule has 2 atom stereocenters. The molecule has 6 heteroatoms. The van der Waals surface area contributed by atoms with Crippen molar-refractivity contribution >= 4 is 17.9 Å². The van der Waals surface area contributed by atoms with Crippen molar-refractivity contribution in [1.82, 2.24) is 0 Å². The van der Waals surface area contributed by atoms with Crippen molar-refractivity contribution in [2.45, 2.75) is 304 Å². The molecule has 0 aromatic heterocycles. The maximum atomic E-state index is 12.8. The SMILES string of the molecule is CCCCCCCCCCCCCCCCCC(=O)O[C@@H](COC(=O)CCCCCCCCCCCCCCCCC(C)C)COC(=O)CCCCCCCCC(C)CC. The van der Waals surface area contributed by atoms with Crippen LogP contribution in [0.3, 0.4) is 0 Å². The smallest absolute Gasteiger partial charge is 0.306 e. The maximum absolute atomic E-state index is 12.8. The van der Waals surface area contributed by atoms with Crippen LogP contribution < -0.4 is 0 Å². The summed E-state index contributed by atoms with van der Waals surface area (Å²) in [5.74, 6) is 0.811. The lowest BCUT2D eigenvalue weighted by molar-refractivity contribution is -0.167. The van der Waals surface area contributed by atoms with E-state index in [9.17, 15) is 14.4 Å². The summed E-state index contributed by atoms with van der Waals surface area (Å²) in [5.41, 5.74) is 0. The molecule has 0 amide bonds. The molecule has 0 rings (SSSR count). The Labute approximate surface area is 374 Å². The first-order valence-electron chi connectivity index (χ1n) is 26.8. The van der Waals surface area contributed by atoms with E-state index in [0.717, 1.165) is 69.6 Å². The highest BCUT2D eigenvalue weighted by molar-refractivity contribution is 5.71. The second-order valence-electron chi connectivity index (χ2n) is 19.2. The number of hydrogen-bond donors (Lipinski definition) is 0. The molecule has 0 aliphatic heterocycles. The van der Waals surface area contributed by atoms with Crippen molar-refractivity contribution < 1.29 is 28.6 Å². The quantitative estimate of drug-likeness (QED) is 0.0345. The Morgan fingerprint density at radius 2 is 0.633 bits per heavy atom. The topological polar surface area (TPSA) is 78.9 Å². The number of carbonyl (C=O) groups is 3. The highest BCUT2D eigenvalue weighted by Crippen LogP contribution is 2.18. The first-order valence-corrected chi connectivity index (χ1v) is 26.8. The van der Waals surface area contributed by atoms with Gasteiger partial charge in [-0.3, -0.25) is 14.4 Å². The number of hydrogen-bond acceptors (Lipinski definition) is 6. The molecule has 60 heavy (non-hydrogen) atoms. The zero-order valence-electron chi connectivity index (χ0n) is 41.1. The Morgan fingerprint density at radius 1 is 0.350 bits per heavy atom. The Balaban J connectivity index is 4.28. The molecule has 0 aromatic rings. The molecular formula is C54H104O6. The average molecular weight is 849 g/mol. The fourth-order valence-electron chi connectivity index (χ4n) is 8.13. The van der Waals surface area contributed by atoms with Crippen LogP contribution in [0.4, 0.5) is 0 Å². The molecule has 0 aromatic carbocycles. The van der Waals surface area contributed by atoms with Gasteiger partial charge in [0, 0.05) is 19.3 Å². The van der Waals surface area contributed by atoms with Crippen LogP contribution in [0, 0.1) is 11.8 Å². The number of unbranched alkanes of at least 4 members (excludes halogenated alkanes) is 32. The second kappa shape index (κ2) is 46.9. The predicted octanol–water partition coefficient (Wildman–Crippen LogP) is 17.3. The molecule has 6 nitrogen and oxygen atoms in total. The van der Waals surface area contributed by atoms with Gasteiger partial charge in [0.05, 0.1) is 0 Å². The van der Waals surface area contributed by atoms with Gasteiger partial charge in [0.2, 0.25) is 0 Å². The van der Waals surface area contributed by atoms with E-state index in [1.165, 1.54) is 186 Å². The minimum atomic E-state index is -0.762. The third kappa shape index (κ3) is 45.9. The van der Waals surface area contributed by atoms with Gasteiger partial charge in [-0.2, -0.15) is 0 Å². The lowest BCUT2D eigenvalue weighted by Crippen LogP contribution is -2.30. The van der Waals surface area contributed by atoms with Crippen LogP contribution in [0.1, 0.15) is 298 Å². The van der Waals surface area contributed by atoms with Gasteiger partial charge in [0.25, 0.3) is 0 Å². The predicted molar refractivity (Wildman–Crippen MR) is 256 cm³/mol. The van der Waals surface area contributed by atoms with E-state index in [4.69, 9.17) is 14.2 Å². The summed E-state index contributed by atoms with van der Waals surface area (Å²) < 4.78 is 16.8. The molecule has 0 saturated carbocycles. The van der Waals surface area contributed by atoms with Crippen molar-refractivity contribution in [2.24, 2.45) is 11.8 Å². The summed E-state index contributed by atoms with van der Waals surface area (Å²) >= 11 is 0. The van der Waals surface area contributed by atoms with Crippen LogP contribution in [0.25, 0.3) is 0 Å². The zero-order valence-corrected chi connectivity index (χ0v) is 41.1. The van der Waals surface area contributed by atoms with Crippen molar-refractivity contribution in [3.63, 3.8) is 0 Å². The van der Waals surface area contributed by atoms with E-state index in [0.29, 0.717) is 19.3 Å². The van der Waals surface area contributed by atoms with Crippen LogP contribution in [0.2, 0.25) is 0 Å². The standard InChI is InChI=1S/C54H104O6/c1-6-8-9-10-11-12-13-14-15-20-23-26-29-36-41-46-54(57)60-51(48-59-53(56)45-40-35-31-30-33-38-43-50(5)7-2)47-58-52(55)44-39-34-28-25-22-19-17-16-18-21-24-27-32-37-42-49(3)4/h49-51H,6-48H2,1-5H3/t50?,51-/m0/s1. The normalized spacial score (nSPS) is 12.5. The van der Waals surface area contributed by atoms with Gasteiger partial charge in [-0.25, -0.2) is 0 Å². The van der Waals surface area contributed by atoms with Crippen LogP contribution in [0.15, 0.2) is 0 Å². The molecule has 0 N–H and O–H groups in total. The molecular weight excluding hydrogens is 745 g/mol. The van der Waals surface area contributed by atoms with Gasteiger partial charge in [0.1, 0.15) is 13.2 Å². The molecule has 356 valence electrons. The molecule has 0 saturated heterocycles. The molecule has 0 bridgehead atoms. The Hall–Kier alpha value is -1.59. The van der Waals surface area contributed by atoms with E-state index in [-0.39, 0.29) is 31.1 Å². The number of carbonyl (C=O) groups excluding carboxylic acids is 3. The first kappa shape index (κ1) is 58.4. The van der Waals surface area contributed by atoms with Crippen molar-refractivity contribution in [1.29, 1.82) is 0 Å². The van der Waals surface area contributed by atoms with E-state index in [1.54, 1.807) is 0 Å². The fourth-order valence-corrected chi connectivity index (χ4v) is 8.13. The monoisotopic (exact) mass is 849 g/mol. The molecule has 0 spiro atoms. The molecule has 0 aliphatic carbocycles. The van der Waals surface area contributed by atoms with Crippen molar-refractivity contribution in [2.75, 3.05) is 13.2 Å². The third-order valence-electron chi connectivity index (χ3n) is 12.6. The first-order chi connectivity index (χ1) is 29.3. The molecule has 0 aliphatic rings. The molecule has 0 radical (unpaired) electrons. The molecule has 0 fully saturated rings. The highest BCUT2D eigenvalue weighted by atomic mass is 16.6. The summed E-state index contributed by atoms with van der Waals surface area (Å²) in [6.07, 6.45) is 48.0. The Kier molecular flexibility index (Phi) is 45.7. The van der Waals surface area contributed by atoms with Gasteiger partial charge < -0.3 is 14.2 Å². The largest absolute Gasteiger partial charge is 0.462 e. The molecule has 1 unspecified atom stereocenters. The third-order valence-corrected chi connectivity index (χ3v) is 12.6. The van der Waals surface area contributed by atoms with Gasteiger partial charge >= 0.3 is 17.9 Å². The van der Waals surface area contributed by atoms with Crippen molar-refractivity contribution in [3.05, 3.63) is 0 Å². The summed E-state index contributed by atoms with van der Waals surface area (Å²) in [6.45, 7) is 11.4. The summed E-state index contributed by atoms with van der Waals surface area (Å²) in [5, 5.41) is 0. The lowest BCUT2D eigenvalue weighted by Gasteiger charge is -2.18. The van der Waals surface area contributed by atoms with Gasteiger partial charge in [-0.05, 0) is 31.1 Å². The van der Waals surface area contributed by atoms with E-state index in [1.807, 2.05) is 0 Å². The molecule has 0 heterocycles. The Morgan fingerprint density at radius 3 is 0.950 bits per heavy atom. The van der Waals surface area contributed by atoms with Crippen LogP contribution in [0.5, 0.6) is 0 Å². The average Bonchev–Trinajstić information content (AvgIpc) is 3.23. The lowest BCUT2D eigenvalue weighted by atomic mass is 10.00. The minimum absolute atomic E-state index is 0.0640. The van der Waals surface area contributed by atoms with Crippen LogP contribution in [-0.2, 0) is 28.6 Å². The van der Waals surface area contributed by atoms with Gasteiger partial charge in [-0.1, -0.05) is 259 Å². The minimum Gasteiger partial charge on any atom is -0.462 e. The summed E-state index contributed by atoms with van der Waals surface area (Å²) in [4.78, 5) is 38.0.